The number of carbonyl (C=O) groups is 5. The topological polar surface area (TPSA) is 258 Å². The summed E-state index contributed by atoms with van der Waals surface area (Å²) in [5.41, 5.74) is 21.7. The molecule has 0 aromatic rings. The van der Waals surface area contributed by atoms with E-state index in [1.807, 2.05) is 0 Å². The smallest absolute Gasteiger partial charge is 0.326 e. The van der Waals surface area contributed by atoms with Crippen molar-refractivity contribution in [3.05, 3.63) is 0 Å². The van der Waals surface area contributed by atoms with Crippen LogP contribution < -0.4 is 38.9 Å². The molecule has 0 rings (SSSR count). The lowest BCUT2D eigenvalue weighted by Gasteiger charge is -2.25. The summed E-state index contributed by atoms with van der Waals surface area (Å²) in [7, 11) is 0. The van der Waals surface area contributed by atoms with Gasteiger partial charge in [-0.25, -0.2) is 4.79 Å². The minimum Gasteiger partial charge on any atom is -0.480 e. The molecule has 36 heavy (non-hydrogen) atoms. The van der Waals surface area contributed by atoms with Gasteiger partial charge in [-0.1, -0.05) is 13.8 Å². The van der Waals surface area contributed by atoms with Gasteiger partial charge in [0.25, 0.3) is 0 Å². The van der Waals surface area contributed by atoms with Crippen LogP contribution in [0.4, 0.5) is 0 Å². The Morgan fingerprint density at radius 2 is 1.39 bits per heavy atom. The van der Waals surface area contributed by atoms with Crippen LogP contribution in [0.3, 0.4) is 0 Å². The molecular weight excluding hydrogens is 492 g/mol. The zero-order valence-electron chi connectivity index (χ0n) is 21.0. The third-order valence-electron chi connectivity index (χ3n) is 5.14. The summed E-state index contributed by atoms with van der Waals surface area (Å²) in [6.45, 7) is 3.69. The average molecular weight is 533 g/mol. The maximum Gasteiger partial charge on any atom is 0.326 e. The van der Waals surface area contributed by atoms with Crippen molar-refractivity contribution in [2.45, 2.75) is 70.1 Å². The molecule has 0 aliphatic carbocycles. The number of amides is 4. The van der Waals surface area contributed by atoms with Crippen molar-refractivity contribution < 1.29 is 29.1 Å². The molecule has 15 heteroatoms. The number of aliphatic carboxylic acids is 1. The first-order valence-electron chi connectivity index (χ1n) is 11.5. The minimum absolute atomic E-state index is 0.120. The van der Waals surface area contributed by atoms with Gasteiger partial charge < -0.3 is 44.0 Å². The van der Waals surface area contributed by atoms with Crippen LogP contribution in [-0.4, -0.2) is 83.4 Å². The van der Waals surface area contributed by atoms with Gasteiger partial charge in [0.15, 0.2) is 5.96 Å². The van der Waals surface area contributed by atoms with Gasteiger partial charge in [0.05, 0.1) is 6.04 Å². The van der Waals surface area contributed by atoms with Crippen molar-refractivity contribution in [1.29, 1.82) is 0 Å². The third-order valence-corrected chi connectivity index (χ3v) is 5.78. The van der Waals surface area contributed by atoms with Crippen LogP contribution in [0.1, 0.15) is 46.0 Å². The van der Waals surface area contributed by atoms with E-state index in [0.717, 1.165) is 0 Å². The van der Waals surface area contributed by atoms with Crippen LogP contribution in [0.25, 0.3) is 0 Å². The van der Waals surface area contributed by atoms with E-state index in [4.69, 9.17) is 22.9 Å². The van der Waals surface area contributed by atoms with Crippen LogP contribution in [0.2, 0.25) is 0 Å². The van der Waals surface area contributed by atoms with E-state index in [1.165, 1.54) is 11.8 Å². The van der Waals surface area contributed by atoms with E-state index in [2.05, 4.69) is 20.9 Å². The van der Waals surface area contributed by atoms with E-state index in [0.29, 0.717) is 12.2 Å². The van der Waals surface area contributed by atoms with Gasteiger partial charge in [0.2, 0.25) is 23.6 Å². The van der Waals surface area contributed by atoms with Crippen LogP contribution in [0.15, 0.2) is 4.99 Å². The van der Waals surface area contributed by atoms with Crippen LogP contribution in [0, 0.1) is 5.92 Å². The molecule has 12 N–H and O–H groups in total. The van der Waals surface area contributed by atoms with Gasteiger partial charge in [-0.2, -0.15) is 11.8 Å². The number of carboxylic acids is 1. The molecule has 206 valence electrons. The summed E-state index contributed by atoms with van der Waals surface area (Å²) >= 11 is 1.41. The summed E-state index contributed by atoms with van der Waals surface area (Å²) in [6, 6.07) is -4.42. The Bertz CT molecular complexity index is 790. The summed E-state index contributed by atoms with van der Waals surface area (Å²) in [5, 5.41) is 16.9. The number of aliphatic imine (C=N–C) groups is 1. The lowest BCUT2D eigenvalue weighted by Crippen LogP contribution is -2.57. The standard InChI is InChI=1S/C21H40N8O6S/c1-11(2)16(23)19(33)28-12(5-4-9-26-21(24)25)17(31)27-13(6-7-15(22)30)18(32)29-14(20(34)35)8-10-36-3/h11-14,16H,4-10,23H2,1-3H3,(H2,22,30)(H,27,31)(H,28,33)(H,29,32)(H,34,35)(H4,24,25,26). The number of rotatable bonds is 18. The monoisotopic (exact) mass is 532 g/mol. The van der Waals surface area contributed by atoms with Gasteiger partial charge in [0, 0.05) is 13.0 Å². The SMILES string of the molecule is CSCCC(NC(=O)C(CCC(N)=O)NC(=O)C(CCCN=C(N)N)NC(=O)C(N)C(C)C)C(=O)O. The Kier molecular flexibility index (Phi) is 15.9. The van der Waals surface area contributed by atoms with Gasteiger partial charge in [0.1, 0.15) is 18.1 Å². The highest BCUT2D eigenvalue weighted by Gasteiger charge is 2.30. The molecule has 0 bridgehead atoms. The number of primary amides is 1. The predicted molar refractivity (Wildman–Crippen MR) is 138 cm³/mol. The van der Waals surface area contributed by atoms with Crippen LogP contribution in [0.5, 0.6) is 0 Å². The third kappa shape index (κ3) is 13.7. The van der Waals surface area contributed by atoms with Crippen LogP contribution >= 0.6 is 11.8 Å². The molecule has 14 nitrogen and oxygen atoms in total. The first kappa shape index (κ1) is 32.9. The first-order valence-corrected chi connectivity index (χ1v) is 12.9. The van der Waals surface area contributed by atoms with Crippen molar-refractivity contribution in [2.75, 3.05) is 18.6 Å². The molecule has 0 heterocycles. The Labute approximate surface area is 215 Å². The molecule has 0 radical (unpaired) electrons. The van der Waals surface area contributed by atoms with Crippen molar-refractivity contribution >= 4 is 47.3 Å². The number of thioether (sulfide) groups is 1. The fourth-order valence-corrected chi connectivity index (χ4v) is 3.41. The number of hydrogen-bond donors (Lipinski definition) is 8. The molecule has 0 saturated heterocycles. The van der Waals surface area contributed by atoms with Crippen molar-refractivity contribution in [2.24, 2.45) is 33.8 Å². The molecule has 0 fully saturated rings. The van der Waals surface area contributed by atoms with Gasteiger partial charge >= 0.3 is 5.97 Å². The zero-order chi connectivity index (χ0) is 27.8. The molecule has 4 amide bonds. The normalized spacial score (nSPS) is 14.1. The number of carboxylic acid groups (broad SMARTS) is 1. The maximum atomic E-state index is 13.1. The van der Waals surface area contributed by atoms with Gasteiger partial charge in [-0.05, 0) is 43.6 Å². The molecule has 4 unspecified atom stereocenters. The number of nitrogens with two attached hydrogens (primary N) is 4. The maximum absolute atomic E-state index is 13.1. The molecule has 0 aliphatic rings. The fraction of sp³-hybridized carbons (Fsp3) is 0.714. The van der Waals surface area contributed by atoms with E-state index in [-0.39, 0.29) is 44.1 Å². The Balaban J connectivity index is 5.64. The lowest BCUT2D eigenvalue weighted by atomic mass is 10.0. The second kappa shape index (κ2) is 17.4. The molecule has 0 spiro atoms. The van der Waals surface area contributed by atoms with E-state index in [9.17, 15) is 29.1 Å². The number of carbonyl (C=O) groups excluding carboxylic acids is 4. The Morgan fingerprint density at radius 3 is 1.86 bits per heavy atom. The molecule has 0 aromatic carbocycles. The van der Waals surface area contributed by atoms with Crippen LogP contribution in [-0.2, 0) is 24.0 Å². The quantitative estimate of drug-likeness (QED) is 0.0526. The van der Waals surface area contributed by atoms with E-state index in [1.54, 1.807) is 20.1 Å². The largest absolute Gasteiger partial charge is 0.480 e. The molecule has 0 aromatic heterocycles. The Hall–Kier alpha value is -3.07. The number of nitrogens with one attached hydrogen (secondary N) is 3. The molecule has 0 aliphatic heterocycles. The average Bonchev–Trinajstić information content (AvgIpc) is 2.79. The fourth-order valence-electron chi connectivity index (χ4n) is 2.94. The van der Waals surface area contributed by atoms with Gasteiger partial charge in [-0.3, -0.25) is 24.2 Å². The molecule has 0 saturated carbocycles. The van der Waals surface area contributed by atoms with Crippen molar-refractivity contribution in [3.63, 3.8) is 0 Å². The number of nitrogens with zero attached hydrogens (tertiary/aromatic N) is 1. The first-order chi connectivity index (χ1) is 16.8. The summed E-state index contributed by atoms with van der Waals surface area (Å²) in [6.07, 6.45) is 2.00. The summed E-state index contributed by atoms with van der Waals surface area (Å²) in [5.74, 6) is -3.84. The second-order valence-corrected chi connectivity index (χ2v) is 9.51. The second-order valence-electron chi connectivity index (χ2n) is 8.53. The number of hydrogen-bond acceptors (Lipinski definition) is 8. The highest BCUT2D eigenvalue weighted by molar-refractivity contribution is 7.98. The predicted octanol–water partition coefficient (Wildman–Crippen LogP) is -2.42. The summed E-state index contributed by atoms with van der Waals surface area (Å²) in [4.78, 5) is 65.1. The highest BCUT2D eigenvalue weighted by atomic mass is 32.2. The lowest BCUT2D eigenvalue weighted by molar-refractivity contribution is -0.142. The van der Waals surface area contributed by atoms with E-state index >= 15 is 0 Å². The van der Waals surface area contributed by atoms with Crippen molar-refractivity contribution in [1.82, 2.24) is 16.0 Å². The number of guanidine groups is 1. The highest BCUT2D eigenvalue weighted by Crippen LogP contribution is 2.07. The summed E-state index contributed by atoms with van der Waals surface area (Å²) < 4.78 is 0. The van der Waals surface area contributed by atoms with Gasteiger partial charge in [-0.15, -0.1) is 0 Å². The Morgan fingerprint density at radius 1 is 0.861 bits per heavy atom. The molecule has 4 atom stereocenters. The molecular formula is C21H40N8O6S. The van der Waals surface area contributed by atoms with Crippen molar-refractivity contribution in [3.8, 4) is 0 Å². The minimum atomic E-state index is -1.27. The zero-order valence-corrected chi connectivity index (χ0v) is 21.8. The van der Waals surface area contributed by atoms with E-state index < -0.39 is 53.8 Å².